The highest BCUT2D eigenvalue weighted by atomic mass is 32.2. The standard InChI is InChI=1S/C9H14N2O5S2/c1-5-7(17-8(14)10-5)18(15,16)11-9(2,3)4-6(12)13/h11H,4H2,1-3H3,(H,10,14)(H,12,13). The van der Waals surface area contributed by atoms with Gasteiger partial charge in [0.25, 0.3) is 10.0 Å². The van der Waals surface area contributed by atoms with Gasteiger partial charge in [0.2, 0.25) is 0 Å². The number of thiazole rings is 1. The van der Waals surface area contributed by atoms with E-state index >= 15 is 0 Å². The van der Waals surface area contributed by atoms with Gasteiger partial charge in [0.05, 0.1) is 6.42 Å². The molecule has 9 heteroatoms. The molecular weight excluding hydrogens is 280 g/mol. The smallest absolute Gasteiger partial charge is 0.305 e. The van der Waals surface area contributed by atoms with Crippen molar-refractivity contribution in [1.29, 1.82) is 0 Å². The second-order valence-corrected chi connectivity index (χ2v) is 7.35. The SMILES string of the molecule is Cc1[nH]c(=O)sc1S(=O)(=O)NC(C)(C)CC(=O)O. The van der Waals surface area contributed by atoms with Crippen molar-refractivity contribution in [3.05, 3.63) is 15.4 Å². The Morgan fingerprint density at radius 1 is 1.50 bits per heavy atom. The number of carboxylic acid groups (broad SMARTS) is 1. The fourth-order valence-electron chi connectivity index (χ4n) is 1.47. The van der Waals surface area contributed by atoms with Crippen LogP contribution in [0.15, 0.2) is 9.00 Å². The molecule has 1 aromatic heterocycles. The molecular formula is C9H14N2O5S2. The first-order valence-corrected chi connectivity index (χ1v) is 7.29. The van der Waals surface area contributed by atoms with Gasteiger partial charge in [0.15, 0.2) is 4.21 Å². The summed E-state index contributed by atoms with van der Waals surface area (Å²) in [6.07, 6.45) is -0.357. The summed E-state index contributed by atoms with van der Waals surface area (Å²) in [5.74, 6) is -1.11. The second kappa shape index (κ2) is 4.82. The number of aryl methyl sites for hydroxylation is 1. The molecule has 0 aliphatic rings. The quantitative estimate of drug-likeness (QED) is 0.721. The van der Waals surface area contributed by atoms with Gasteiger partial charge >= 0.3 is 10.8 Å². The van der Waals surface area contributed by atoms with Gasteiger partial charge < -0.3 is 10.1 Å². The Morgan fingerprint density at radius 3 is 2.44 bits per heavy atom. The minimum absolute atomic E-state index is 0.119. The normalized spacial score (nSPS) is 12.6. The third kappa shape index (κ3) is 3.65. The lowest BCUT2D eigenvalue weighted by molar-refractivity contribution is -0.138. The Morgan fingerprint density at radius 2 is 2.06 bits per heavy atom. The minimum Gasteiger partial charge on any atom is -0.481 e. The van der Waals surface area contributed by atoms with Crippen LogP contribution in [-0.2, 0) is 14.8 Å². The average molecular weight is 294 g/mol. The molecule has 0 unspecified atom stereocenters. The summed E-state index contributed by atoms with van der Waals surface area (Å²) in [5, 5.41) is 8.69. The summed E-state index contributed by atoms with van der Waals surface area (Å²) in [6, 6.07) is 0. The summed E-state index contributed by atoms with van der Waals surface area (Å²) in [7, 11) is -3.90. The zero-order valence-corrected chi connectivity index (χ0v) is 11.7. The second-order valence-electron chi connectivity index (χ2n) is 4.49. The van der Waals surface area contributed by atoms with Crippen molar-refractivity contribution >= 4 is 27.3 Å². The minimum atomic E-state index is -3.90. The van der Waals surface area contributed by atoms with Crippen LogP contribution < -0.4 is 9.60 Å². The van der Waals surface area contributed by atoms with Crippen LogP contribution in [0.1, 0.15) is 26.0 Å². The van der Waals surface area contributed by atoms with Gasteiger partial charge in [-0.05, 0) is 20.8 Å². The van der Waals surface area contributed by atoms with Crippen molar-refractivity contribution < 1.29 is 18.3 Å². The van der Waals surface area contributed by atoms with Gasteiger partial charge in [0.1, 0.15) is 0 Å². The number of rotatable bonds is 5. The number of sulfonamides is 1. The molecule has 3 N–H and O–H groups in total. The highest BCUT2D eigenvalue weighted by Crippen LogP contribution is 2.19. The van der Waals surface area contributed by atoms with Crippen LogP contribution in [0, 0.1) is 6.92 Å². The highest BCUT2D eigenvalue weighted by Gasteiger charge is 2.30. The summed E-state index contributed by atoms with van der Waals surface area (Å²) in [5.41, 5.74) is -0.895. The van der Waals surface area contributed by atoms with Crippen LogP contribution in [0.2, 0.25) is 0 Å². The lowest BCUT2D eigenvalue weighted by atomic mass is 10.0. The number of H-pyrrole nitrogens is 1. The molecule has 0 saturated heterocycles. The predicted molar refractivity (Wildman–Crippen MR) is 66.3 cm³/mol. The van der Waals surface area contributed by atoms with Gasteiger partial charge in [0, 0.05) is 11.2 Å². The van der Waals surface area contributed by atoms with Crippen molar-refractivity contribution in [3.63, 3.8) is 0 Å². The third-order valence-electron chi connectivity index (χ3n) is 2.03. The Kier molecular flexibility index (Phi) is 3.99. The monoisotopic (exact) mass is 294 g/mol. The van der Waals surface area contributed by atoms with E-state index in [4.69, 9.17) is 5.11 Å². The molecule has 18 heavy (non-hydrogen) atoms. The topological polar surface area (TPSA) is 116 Å². The molecule has 1 heterocycles. The number of hydrogen-bond acceptors (Lipinski definition) is 5. The zero-order chi connectivity index (χ0) is 14.1. The summed E-state index contributed by atoms with van der Waals surface area (Å²) < 4.78 is 26.2. The molecule has 7 nitrogen and oxygen atoms in total. The predicted octanol–water partition coefficient (Wildman–Crippen LogP) is 0.276. The summed E-state index contributed by atoms with van der Waals surface area (Å²) >= 11 is 0.572. The van der Waals surface area contributed by atoms with Gasteiger partial charge in [-0.2, -0.15) is 0 Å². The maximum atomic E-state index is 12.0. The van der Waals surface area contributed by atoms with Crippen LogP contribution in [0.25, 0.3) is 0 Å². The average Bonchev–Trinajstić information content (AvgIpc) is 2.40. The number of aromatic amines is 1. The largest absolute Gasteiger partial charge is 0.481 e. The van der Waals surface area contributed by atoms with E-state index in [2.05, 4.69) is 9.71 Å². The number of hydrogen-bond donors (Lipinski definition) is 3. The zero-order valence-electron chi connectivity index (χ0n) is 10.1. The van der Waals surface area contributed by atoms with E-state index < -0.39 is 26.4 Å². The molecule has 0 amide bonds. The van der Waals surface area contributed by atoms with Crippen molar-refractivity contribution in [1.82, 2.24) is 9.71 Å². The molecule has 0 radical (unpaired) electrons. The van der Waals surface area contributed by atoms with E-state index in [9.17, 15) is 18.0 Å². The Balaban J connectivity index is 3.06. The number of aliphatic carboxylic acids is 1. The molecule has 0 bridgehead atoms. The van der Waals surface area contributed by atoms with Crippen molar-refractivity contribution in [2.45, 2.75) is 36.9 Å². The molecule has 0 fully saturated rings. The van der Waals surface area contributed by atoms with E-state index in [0.717, 1.165) is 0 Å². The molecule has 0 atom stereocenters. The first-order chi connectivity index (χ1) is 8.03. The summed E-state index contributed by atoms with van der Waals surface area (Å²) in [6.45, 7) is 4.39. The van der Waals surface area contributed by atoms with E-state index in [1.165, 1.54) is 20.8 Å². The first kappa shape index (κ1) is 14.9. The third-order valence-corrected chi connectivity index (χ3v) is 5.33. The maximum Gasteiger partial charge on any atom is 0.305 e. The van der Waals surface area contributed by atoms with Crippen molar-refractivity contribution in [3.8, 4) is 0 Å². The fraction of sp³-hybridized carbons (Fsp3) is 0.556. The van der Waals surface area contributed by atoms with Crippen molar-refractivity contribution in [2.24, 2.45) is 0 Å². The Bertz CT molecular complexity index is 611. The lowest BCUT2D eigenvalue weighted by Gasteiger charge is -2.23. The molecule has 0 aromatic carbocycles. The fourth-order valence-corrected chi connectivity index (χ4v) is 4.19. The van der Waals surface area contributed by atoms with Crippen LogP contribution in [-0.4, -0.2) is 30.0 Å². The van der Waals surface area contributed by atoms with Gasteiger partial charge in [-0.15, -0.1) is 0 Å². The number of aromatic nitrogens is 1. The number of nitrogens with one attached hydrogen (secondary N) is 2. The van der Waals surface area contributed by atoms with Gasteiger partial charge in [-0.25, -0.2) is 13.1 Å². The van der Waals surface area contributed by atoms with Crippen LogP contribution >= 0.6 is 11.3 Å². The molecule has 0 spiro atoms. The first-order valence-electron chi connectivity index (χ1n) is 4.99. The number of carbonyl (C=O) groups is 1. The van der Waals surface area contributed by atoms with Crippen LogP contribution in [0.3, 0.4) is 0 Å². The van der Waals surface area contributed by atoms with E-state index in [1.807, 2.05) is 0 Å². The molecule has 0 aliphatic heterocycles. The van der Waals surface area contributed by atoms with Crippen molar-refractivity contribution in [2.75, 3.05) is 0 Å². The Hall–Kier alpha value is -1.19. The van der Waals surface area contributed by atoms with E-state index in [1.54, 1.807) is 0 Å². The van der Waals surface area contributed by atoms with Crippen LogP contribution in [0.5, 0.6) is 0 Å². The molecule has 0 saturated carbocycles. The molecule has 102 valence electrons. The summed E-state index contributed by atoms with van der Waals surface area (Å²) in [4.78, 5) is 23.6. The van der Waals surface area contributed by atoms with Crippen LogP contribution in [0.4, 0.5) is 0 Å². The molecule has 1 rings (SSSR count). The van der Waals surface area contributed by atoms with E-state index in [0.29, 0.717) is 11.3 Å². The molecule has 0 aliphatic carbocycles. The number of carboxylic acids is 1. The lowest BCUT2D eigenvalue weighted by Crippen LogP contribution is -2.44. The highest BCUT2D eigenvalue weighted by molar-refractivity contribution is 7.91. The Labute approximate surface area is 108 Å². The molecule has 1 aromatic rings. The van der Waals surface area contributed by atoms with E-state index in [-0.39, 0.29) is 16.3 Å². The van der Waals surface area contributed by atoms with Gasteiger partial charge in [-0.1, -0.05) is 11.3 Å². The van der Waals surface area contributed by atoms with Gasteiger partial charge in [-0.3, -0.25) is 9.59 Å². The maximum absolute atomic E-state index is 12.0.